The first-order valence-electron chi connectivity index (χ1n) is 9.01. The van der Waals surface area contributed by atoms with E-state index in [1.165, 1.54) is 11.1 Å². The highest BCUT2D eigenvalue weighted by atomic mass is 127. The molecule has 0 fully saturated rings. The van der Waals surface area contributed by atoms with Crippen LogP contribution in [0.3, 0.4) is 0 Å². The zero-order chi connectivity index (χ0) is 19.7. The van der Waals surface area contributed by atoms with Gasteiger partial charge in [-0.2, -0.15) is 0 Å². The molecule has 0 aliphatic carbocycles. The molecule has 0 bridgehead atoms. The monoisotopic (exact) mass is 482 g/mol. The van der Waals surface area contributed by atoms with E-state index in [1.807, 2.05) is 60.7 Å². The van der Waals surface area contributed by atoms with Gasteiger partial charge in [0.15, 0.2) is 5.58 Å². The van der Waals surface area contributed by atoms with E-state index in [2.05, 4.69) is 46.7 Å². The number of halogens is 1. The Bertz CT molecular complexity index is 1120. The highest BCUT2D eigenvalue weighted by Gasteiger charge is 2.11. The fourth-order valence-corrected chi connectivity index (χ4v) is 3.62. The molecule has 0 unspecified atom stereocenters. The quantitative estimate of drug-likeness (QED) is 0.383. The average molecular weight is 482 g/mol. The van der Waals surface area contributed by atoms with Crippen molar-refractivity contribution in [2.24, 2.45) is 0 Å². The van der Waals surface area contributed by atoms with Crippen LogP contribution in [0.5, 0.6) is 0 Å². The molecule has 0 aliphatic rings. The van der Waals surface area contributed by atoms with Crippen LogP contribution < -0.4 is 5.32 Å². The van der Waals surface area contributed by atoms with Crippen LogP contribution in [0.2, 0.25) is 0 Å². The second-order valence-corrected chi connectivity index (χ2v) is 7.94. The van der Waals surface area contributed by atoms with Crippen LogP contribution in [0, 0.1) is 17.4 Å². The second-order valence-electron chi connectivity index (χ2n) is 6.78. The predicted molar refractivity (Wildman–Crippen MR) is 119 cm³/mol. The Hall–Kier alpha value is -2.67. The zero-order valence-corrected chi connectivity index (χ0v) is 17.8. The molecule has 0 spiro atoms. The van der Waals surface area contributed by atoms with E-state index in [9.17, 15) is 4.79 Å². The number of fused-ring (bicyclic) bond motifs is 1. The minimum absolute atomic E-state index is 0.0706. The highest BCUT2D eigenvalue weighted by molar-refractivity contribution is 14.1. The Morgan fingerprint density at radius 1 is 1.04 bits per heavy atom. The van der Waals surface area contributed by atoms with Crippen LogP contribution in [0.15, 0.2) is 65.1 Å². The van der Waals surface area contributed by atoms with Crippen LogP contribution in [-0.2, 0) is 6.54 Å². The Morgan fingerprint density at radius 2 is 1.75 bits per heavy atom. The van der Waals surface area contributed by atoms with Gasteiger partial charge in [-0.05, 0) is 89.5 Å². The summed E-state index contributed by atoms with van der Waals surface area (Å²) in [5.41, 5.74) is 6.68. The molecule has 0 saturated heterocycles. The van der Waals surface area contributed by atoms with Crippen molar-refractivity contribution >= 4 is 39.6 Å². The van der Waals surface area contributed by atoms with Crippen LogP contribution >= 0.6 is 22.6 Å². The van der Waals surface area contributed by atoms with Crippen molar-refractivity contribution in [2.75, 3.05) is 0 Å². The first-order chi connectivity index (χ1) is 13.5. The Balaban J connectivity index is 1.48. The molecular weight excluding hydrogens is 463 g/mol. The summed E-state index contributed by atoms with van der Waals surface area (Å²) in [7, 11) is 0. The Morgan fingerprint density at radius 3 is 2.50 bits per heavy atom. The van der Waals surface area contributed by atoms with Gasteiger partial charge >= 0.3 is 0 Å². The van der Waals surface area contributed by atoms with Gasteiger partial charge in [-0.25, -0.2) is 4.98 Å². The number of aryl methyl sites for hydroxylation is 2. The molecule has 28 heavy (non-hydrogen) atoms. The minimum atomic E-state index is -0.0706. The molecule has 4 aromatic rings. The Kier molecular flexibility index (Phi) is 5.17. The highest BCUT2D eigenvalue weighted by Crippen LogP contribution is 2.26. The number of nitrogens with one attached hydrogen (secondary N) is 1. The molecule has 0 radical (unpaired) electrons. The number of rotatable bonds is 4. The molecule has 0 aliphatic heterocycles. The topological polar surface area (TPSA) is 55.1 Å². The van der Waals surface area contributed by atoms with Gasteiger partial charge in [0.25, 0.3) is 5.91 Å². The lowest BCUT2D eigenvalue weighted by atomic mass is 10.1. The van der Waals surface area contributed by atoms with E-state index >= 15 is 0 Å². The van der Waals surface area contributed by atoms with E-state index in [4.69, 9.17) is 4.42 Å². The lowest BCUT2D eigenvalue weighted by Crippen LogP contribution is -2.23. The lowest BCUT2D eigenvalue weighted by Gasteiger charge is -2.07. The summed E-state index contributed by atoms with van der Waals surface area (Å²) in [6.45, 7) is 4.61. The fourth-order valence-electron chi connectivity index (χ4n) is 2.99. The summed E-state index contributed by atoms with van der Waals surface area (Å²) in [6, 6.07) is 19.5. The molecule has 1 N–H and O–H groups in total. The molecule has 1 heterocycles. The summed E-state index contributed by atoms with van der Waals surface area (Å²) in [4.78, 5) is 16.9. The smallest absolute Gasteiger partial charge is 0.252 e. The average Bonchev–Trinajstić information content (AvgIpc) is 3.10. The molecule has 5 heteroatoms. The van der Waals surface area contributed by atoms with Crippen molar-refractivity contribution in [3.8, 4) is 11.5 Å². The molecule has 3 aromatic carbocycles. The zero-order valence-electron chi connectivity index (χ0n) is 15.6. The summed E-state index contributed by atoms with van der Waals surface area (Å²) in [5.74, 6) is 0.535. The number of carbonyl (C=O) groups is 1. The van der Waals surface area contributed by atoms with Crippen molar-refractivity contribution in [1.29, 1.82) is 0 Å². The standard InChI is InChI=1S/C23H19IN2O2/c1-14-11-20-21(12-15(14)2)28-23(26-20)17-9-7-16(8-10-17)13-25-22(27)18-5-3-4-6-19(18)24/h3-12H,13H2,1-2H3,(H,25,27). The summed E-state index contributed by atoms with van der Waals surface area (Å²) < 4.78 is 6.86. The Labute approximate surface area is 177 Å². The SMILES string of the molecule is Cc1cc2nc(-c3ccc(CNC(=O)c4ccccc4I)cc3)oc2cc1C. The van der Waals surface area contributed by atoms with Crippen molar-refractivity contribution in [3.05, 3.63) is 86.5 Å². The third-order valence-electron chi connectivity index (χ3n) is 4.78. The molecular formula is C23H19IN2O2. The van der Waals surface area contributed by atoms with Crippen LogP contribution in [-0.4, -0.2) is 10.9 Å². The normalized spacial score (nSPS) is 11.0. The summed E-state index contributed by atoms with van der Waals surface area (Å²) in [6.07, 6.45) is 0. The van der Waals surface area contributed by atoms with Crippen LogP contribution in [0.4, 0.5) is 0 Å². The minimum Gasteiger partial charge on any atom is -0.436 e. The van der Waals surface area contributed by atoms with Gasteiger partial charge in [-0.3, -0.25) is 4.79 Å². The van der Waals surface area contributed by atoms with E-state index in [0.717, 1.165) is 25.8 Å². The maximum atomic E-state index is 12.3. The number of benzene rings is 3. The molecule has 0 atom stereocenters. The van der Waals surface area contributed by atoms with E-state index in [-0.39, 0.29) is 5.91 Å². The molecule has 140 valence electrons. The van der Waals surface area contributed by atoms with Crippen molar-refractivity contribution in [2.45, 2.75) is 20.4 Å². The van der Waals surface area contributed by atoms with Gasteiger partial charge in [0.05, 0.1) is 5.56 Å². The molecule has 4 nitrogen and oxygen atoms in total. The van der Waals surface area contributed by atoms with E-state index in [1.54, 1.807) is 0 Å². The number of nitrogens with zero attached hydrogens (tertiary/aromatic N) is 1. The number of hydrogen-bond donors (Lipinski definition) is 1. The largest absolute Gasteiger partial charge is 0.436 e. The van der Waals surface area contributed by atoms with Crippen molar-refractivity contribution in [3.63, 3.8) is 0 Å². The van der Waals surface area contributed by atoms with Gasteiger partial charge in [-0.1, -0.05) is 24.3 Å². The van der Waals surface area contributed by atoms with Gasteiger partial charge in [0, 0.05) is 15.7 Å². The van der Waals surface area contributed by atoms with E-state index < -0.39 is 0 Å². The van der Waals surface area contributed by atoms with Crippen LogP contribution in [0.1, 0.15) is 27.0 Å². The first-order valence-corrected chi connectivity index (χ1v) is 10.1. The fraction of sp³-hybridized carbons (Fsp3) is 0.130. The maximum absolute atomic E-state index is 12.3. The number of oxazole rings is 1. The molecule has 4 rings (SSSR count). The van der Waals surface area contributed by atoms with Gasteiger partial charge in [-0.15, -0.1) is 0 Å². The lowest BCUT2D eigenvalue weighted by molar-refractivity contribution is 0.0950. The van der Waals surface area contributed by atoms with Gasteiger partial charge in [0.1, 0.15) is 5.52 Å². The number of aromatic nitrogens is 1. The third-order valence-corrected chi connectivity index (χ3v) is 5.72. The maximum Gasteiger partial charge on any atom is 0.252 e. The number of amides is 1. The van der Waals surface area contributed by atoms with Gasteiger partial charge < -0.3 is 9.73 Å². The first kappa shape index (κ1) is 18.7. The second kappa shape index (κ2) is 7.75. The van der Waals surface area contributed by atoms with Crippen LogP contribution in [0.25, 0.3) is 22.6 Å². The molecule has 1 amide bonds. The van der Waals surface area contributed by atoms with Crippen molar-refractivity contribution in [1.82, 2.24) is 10.3 Å². The molecule has 1 aromatic heterocycles. The van der Waals surface area contributed by atoms with Crippen molar-refractivity contribution < 1.29 is 9.21 Å². The number of carbonyl (C=O) groups excluding carboxylic acids is 1. The summed E-state index contributed by atoms with van der Waals surface area (Å²) in [5, 5.41) is 2.97. The predicted octanol–water partition coefficient (Wildman–Crippen LogP) is 5.65. The molecule has 0 saturated carbocycles. The van der Waals surface area contributed by atoms with Gasteiger partial charge in [0.2, 0.25) is 5.89 Å². The summed E-state index contributed by atoms with van der Waals surface area (Å²) >= 11 is 2.17. The third kappa shape index (κ3) is 3.80. The number of hydrogen-bond acceptors (Lipinski definition) is 3. The van der Waals surface area contributed by atoms with E-state index in [0.29, 0.717) is 18.0 Å².